The monoisotopic (exact) mass is 258 g/mol. The van der Waals surface area contributed by atoms with E-state index in [1.807, 2.05) is 30.5 Å². The topological polar surface area (TPSA) is 69.6 Å². The second-order valence-electron chi connectivity index (χ2n) is 3.78. The van der Waals surface area contributed by atoms with E-state index in [4.69, 9.17) is 0 Å². The molecule has 18 heavy (non-hydrogen) atoms. The number of aromatic nitrogens is 1. The van der Waals surface area contributed by atoms with Gasteiger partial charge in [0.05, 0.1) is 12.0 Å². The number of thioether (sulfide) groups is 1. The lowest BCUT2D eigenvalue weighted by Gasteiger charge is -1.90. The molecule has 1 amide bonds. The van der Waals surface area contributed by atoms with Crippen molar-refractivity contribution in [1.29, 1.82) is 0 Å². The molecule has 6 heteroatoms. The third kappa shape index (κ3) is 2.14. The van der Waals surface area contributed by atoms with E-state index in [0.29, 0.717) is 10.9 Å². The Balaban J connectivity index is 1.82. The van der Waals surface area contributed by atoms with Gasteiger partial charge in [-0.2, -0.15) is 5.10 Å². The Morgan fingerprint density at radius 1 is 1.33 bits per heavy atom. The number of aromatic amines is 1. The van der Waals surface area contributed by atoms with Gasteiger partial charge in [-0.25, -0.2) is 0 Å². The fourth-order valence-corrected chi connectivity index (χ4v) is 2.35. The van der Waals surface area contributed by atoms with Gasteiger partial charge in [0.25, 0.3) is 0 Å². The molecule has 1 aliphatic rings. The maximum atomic E-state index is 11.0. The number of benzene rings is 1. The third-order valence-electron chi connectivity index (χ3n) is 2.55. The zero-order valence-corrected chi connectivity index (χ0v) is 10.2. The molecule has 0 saturated carbocycles. The molecule has 1 aliphatic heterocycles. The normalized spacial score (nSPS) is 18.0. The van der Waals surface area contributed by atoms with Gasteiger partial charge >= 0.3 is 0 Å². The first-order valence-corrected chi connectivity index (χ1v) is 6.41. The predicted octanol–water partition coefficient (Wildman–Crippen LogP) is 1.72. The summed E-state index contributed by atoms with van der Waals surface area (Å²) in [7, 11) is 0. The van der Waals surface area contributed by atoms with Crippen LogP contribution in [-0.2, 0) is 4.79 Å². The van der Waals surface area contributed by atoms with Crippen molar-refractivity contribution in [1.82, 2.24) is 10.3 Å². The van der Waals surface area contributed by atoms with Gasteiger partial charge in [-0.1, -0.05) is 30.0 Å². The molecule has 1 aromatic heterocycles. The highest BCUT2D eigenvalue weighted by molar-refractivity contribution is 8.15. The predicted molar refractivity (Wildman–Crippen MR) is 73.9 cm³/mol. The van der Waals surface area contributed by atoms with Crippen LogP contribution in [0.5, 0.6) is 0 Å². The Morgan fingerprint density at radius 3 is 3.06 bits per heavy atom. The van der Waals surface area contributed by atoms with E-state index >= 15 is 0 Å². The molecule has 0 atom stereocenters. The first-order valence-electron chi connectivity index (χ1n) is 5.43. The number of hydrogen-bond acceptors (Lipinski definition) is 4. The van der Waals surface area contributed by atoms with Gasteiger partial charge in [0.15, 0.2) is 5.17 Å². The van der Waals surface area contributed by atoms with E-state index in [9.17, 15) is 4.79 Å². The molecular weight excluding hydrogens is 248 g/mol. The van der Waals surface area contributed by atoms with Crippen molar-refractivity contribution in [2.24, 2.45) is 10.2 Å². The molecule has 2 heterocycles. The average molecular weight is 258 g/mol. The van der Waals surface area contributed by atoms with Crippen LogP contribution in [0, 0.1) is 0 Å². The molecule has 1 fully saturated rings. The second kappa shape index (κ2) is 4.66. The highest BCUT2D eigenvalue weighted by Gasteiger charge is 2.15. The maximum absolute atomic E-state index is 11.0. The Hall–Kier alpha value is -2.08. The quantitative estimate of drug-likeness (QED) is 0.636. The first-order chi connectivity index (χ1) is 8.83. The van der Waals surface area contributed by atoms with Crippen molar-refractivity contribution in [2.45, 2.75) is 0 Å². The van der Waals surface area contributed by atoms with Crippen LogP contribution in [0.4, 0.5) is 0 Å². The van der Waals surface area contributed by atoms with Gasteiger partial charge in [0.1, 0.15) is 0 Å². The standard InChI is InChI=1S/C12H10N4OS/c17-11-7-18-12(15-11)16-14-6-8-5-13-10-4-2-1-3-9(8)10/h1-6,13H,7H2,(H,15,16,17)/b14-6-. The summed E-state index contributed by atoms with van der Waals surface area (Å²) < 4.78 is 0. The highest BCUT2D eigenvalue weighted by Crippen LogP contribution is 2.16. The molecule has 0 aliphatic carbocycles. The fraction of sp³-hybridized carbons (Fsp3) is 0.0833. The van der Waals surface area contributed by atoms with Crippen LogP contribution in [0.25, 0.3) is 10.9 Å². The first kappa shape index (κ1) is 11.0. The summed E-state index contributed by atoms with van der Waals surface area (Å²) in [6.07, 6.45) is 3.56. The molecule has 0 radical (unpaired) electrons. The Morgan fingerprint density at radius 2 is 2.22 bits per heavy atom. The molecule has 90 valence electrons. The summed E-state index contributed by atoms with van der Waals surface area (Å²) in [4.78, 5) is 14.1. The minimum Gasteiger partial charge on any atom is -0.361 e. The zero-order chi connectivity index (χ0) is 12.4. The Bertz CT molecular complexity index is 659. The number of nitrogens with one attached hydrogen (secondary N) is 2. The molecule has 5 nitrogen and oxygen atoms in total. The van der Waals surface area contributed by atoms with E-state index < -0.39 is 0 Å². The van der Waals surface area contributed by atoms with E-state index in [2.05, 4.69) is 20.5 Å². The molecule has 0 unspecified atom stereocenters. The number of rotatable bonds is 2. The molecule has 0 bridgehead atoms. The van der Waals surface area contributed by atoms with Crippen LogP contribution in [0.15, 0.2) is 40.7 Å². The van der Waals surface area contributed by atoms with Crippen molar-refractivity contribution >= 4 is 40.0 Å². The molecule has 0 spiro atoms. The minimum absolute atomic E-state index is 0.0268. The van der Waals surface area contributed by atoms with Gasteiger partial charge < -0.3 is 10.3 Å². The zero-order valence-electron chi connectivity index (χ0n) is 9.38. The smallest absolute Gasteiger partial charge is 0.236 e. The van der Waals surface area contributed by atoms with Crippen LogP contribution in [0.3, 0.4) is 0 Å². The number of nitrogens with zero attached hydrogens (tertiary/aromatic N) is 2. The van der Waals surface area contributed by atoms with Crippen LogP contribution < -0.4 is 5.32 Å². The van der Waals surface area contributed by atoms with Crippen molar-refractivity contribution in [3.63, 3.8) is 0 Å². The number of amidine groups is 1. The highest BCUT2D eigenvalue weighted by atomic mass is 32.2. The van der Waals surface area contributed by atoms with E-state index in [-0.39, 0.29) is 5.91 Å². The van der Waals surface area contributed by atoms with E-state index in [0.717, 1.165) is 16.5 Å². The lowest BCUT2D eigenvalue weighted by atomic mass is 10.2. The molecule has 2 aromatic rings. The summed E-state index contributed by atoms with van der Waals surface area (Å²) >= 11 is 1.36. The van der Waals surface area contributed by atoms with Gasteiger partial charge in [0.2, 0.25) is 5.91 Å². The SMILES string of the molecule is O=C1CSC(=N/N=C\c2c[nH]c3ccccc23)N1. The van der Waals surface area contributed by atoms with Gasteiger partial charge in [0, 0.05) is 22.7 Å². The number of hydrogen-bond donors (Lipinski definition) is 2. The van der Waals surface area contributed by atoms with Gasteiger partial charge in [-0.15, -0.1) is 5.10 Å². The maximum Gasteiger partial charge on any atom is 0.236 e. The van der Waals surface area contributed by atoms with Gasteiger partial charge in [-0.3, -0.25) is 4.79 Å². The van der Waals surface area contributed by atoms with E-state index in [1.165, 1.54) is 11.8 Å². The Kier molecular flexibility index (Phi) is 2.85. The fourth-order valence-electron chi connectivity index (χ4n) is 1.72. The summed E-state index contributed by atoms with van der Waals surface area (Å²) in [5.41, 5.74) is 2.04. The minimum atomic E-state index is -0.0268. The van der Waals surface area contributed by atoms with E-state index in [1.54, 1.807) is 6.21 Å². The summed E-state index contributed by atoms with van der Waals surface area (Å²) in [5, 5.41) is 12.2. The lowest BCUT2D eigenvalue weighted by molar-refractivity contribution is -0.116. The second-order valence-corrected chi connectivity index (χ2v) is 4.74. The third-order valence-corrected chi connectivity index (χ3v) is 3.42. The van der Waals surface area contributed by atoms with Crippen LogP contribution in [0.2, 0.25) is 0 Å². The van der Waals surface area contributed by atoms with Crippen molar-refractivity contribution in [2.75, 3.05) is 5.75 Å². The number of carbonyl (C=O) groups is 1. The van der Waals surface area contributed by atoms with Gasteiger partial charge in [-0.05, 0) is 6.07 Å². The average Bonchev–Trinajstić information content (AvgIpc) is 2.97. The summed E-state index contributed by atoms with van der Waals surface area (Å²) in [6.45, 7) is 0. The molecule has 3 rings (SSSR count). The largest absolute Gasteiger partial charge is 0.361 e. The molecular formula is C12H10N4OS. The molecule has 1 saturated heterocycles. The number of amides is 1. The number of H-pyrrole nitrogens is 1. The van der Waals surface area contributed by atoms with Crippen LogP contribution in [0.1, 0.15) is 5.56 Å². The number of fused-ring (bicyclic) bond motifs is 1. The van der Waals surface area contributed by atoms with Crippen LogP contribution >= 0.6 is 11.8 Å². The summed E-state index contributed by atoms with van der Waals surface area (Å²) in [5.74, 6) is 0.391. The Labute approximate surface area is 107 Å². The summed E-state index contributed by atoms with van der Waals surface area (Å²) in [6, 6.07) is 7.98. The van der Waals surface area contributed by atoms with Crippen molar-refractivity contribution in [3.05, 3.63) is 36.0 Å². The number of carbonyl (C=O) groups excluding carboxylic acids is 1. The number of para-hydroxylation sites is 1. The van der Waals surface area contributed by atoms with Crippen molar-refractivity contribution in [3.8, 4) is 0 Å². The lowest BCUT2D eigenvalue weighted by Crippen LogP contribution is -2.19. The van der Waals surface area contributed by atoms with Crippen molar-refractivity contribution < 1.29 is 4.79 Å². The molecule has 1 aromatic carbocycles. The van der Waals surface area contributed by atoms with Crippen LogP contribution in [-0.4, -0.2) is 28.0 Å². The molecule has 2 N–H and O–H groups in total.